The van der Waals surface area contributed by atoms with Crippen LogP contribution in [0.3, 0.4) is 0 Å². The van der Waals surface area contributed by atoms with E-state index in [0.29, 0.717) is 19.6 Å². The number of hydrogen-bond donors (Lipinski definition) is 1. The van der Waals surface area contributed by atoms with Gasteiger partial charge in [-0.1, -0.05) is 29.8 Å². The van der Waals surface area contributed by atoms with Crippen LogP contribution in [0.4, 0.5) is 0 Å². The van der Waals surface area contributed by atoms with Gasteiger partial charge in [-0.15, -0.1) is 0 Å². The molecule has 1 heterocycles. The number of carbonyl (C=O) groups is 1. The molecule has 1 aromatic rings. The molecule has 0 radical (unpaired) electrons. The smallest absolute Gasteiger partial charge is 0.224 e. The van der Waals surface area contributed by atoms with Crippen LogP contribution in [0.5, 0.6) is 0 Å². The Hall–Kier alpha value is -1.39. The van der Waals surface area contributed by atoms with Gasteiger partial charge in [-0.25, -0.2) is 0 Å². The molecule has 0 unspecified atom stereocenters. The monoisotopic (exact) mass is 262 g/mol. The van der Waals surface area contributed by atoms with E-state index in [-0.39, 0.29) is 5.91 Å². The van der Waals surface area contributed by atoms with E-state index in [1.165, 1.54) is 11.1 Å². The van der Waals surface area contributed by atoms with Gasteiger partial charge in [0.2, 0.25) is 5.91 Å². The Morgan fingerprint density at radius 1 is 1.37 bits per heavy atom. The Balaban J connectivity index is 1.65. The van der Waals surface area contributed by atoms with Gasteiger partial charge in [0.25, 0.3) is 0 Å². The maximum absolute atomic E-state index is 11.9. The van der Waals surface area contributed by atoms with Crippen LogP contribution in [0.2, 0.25) is 0 Å². The van der Waals surface area contributed by atoms with Crippen molar-refractivity contribution in [3.8, 4) is 0 Å². The third-order valence-corrected chi connectivity index (χ3v) is 3.29. The van der Waals surface area contributed by atoms with Gasteiger partial charge < -0.3 is 15.0 Å². The van der Waals surface area contributed by atoms with Crippen LogP contribution in [0, 0.1) is 6.92 Å². The molecule has 0 bridgehead atoms. The van der Waals surface area contributed by atoms with E-state index < -0.39 is 0 Å². The fraction of sp³-hybridized carbons (Fsp3) is 0.533. The van der Waals surface area contributed by atoms with E-state index in [0.717, 1.165) is 26.2 Å². The lowest BCUT2D eigenvalue weighted by atomic mass is 10.1. The van der Waals surface area contributed by atoms with Crippen molar-refractivity contribution in [3.63, 3.8) is 0 Å². The number of amides is 1. The van der Waals surface area contributed by atoms with Crippen LogP contribution in [-0.2, 0) is 16.1 Å². The fourth-order valence-electron chi connectivity index (χ4n) is 2.22. The molecule has 1 fully saturated rings. The summed E-state index contributed by atoms with van der Waals surface area (Å²) in [5, 5.41) is 3.32. The summed E-state index contributed by atoms with van der Waals surface area (Å²) < 4.78 is 5.24. The zero-order valence-corrected chi connectivity index (χ0v) is 11.5. The van der Waals surface area contributed by atoms with Gasteiger partial charge in [0, 0.05) is 32.6 Å². The first-order valence-corrected chi connectivity index (χ1v) is 6.87. The van der Waals surface area contributed by atoms with Crippen molar-refractivity contribution in [2.45, 2.75) is 19.9 Å². The van der Waals surface area contributed by atoms with Crippen LogP contribution < -0.4 is 5.32 Å². The third kappa shape index (κ3) is 4.65. The highest BCUT2D eigenvalue weighted by Crippen LogP contribution is 2.03. The minimum absolute atomic E-state index is 0.222. The Labute approximate surface area is 114 Å². The van der Waals surface area contributed by atoms with Gasteiger partial charge in [-0.3, -0.25) is 4.79 Å². The van der Waals surface area contributed by atoms with Crippen LogP contribution in [-0.4, -0.2) is 43.7 Å². The molecule has 19 heavy (non-hydrogen) atoms. The number of aryl methyl sites for hydroxylation is 1. The molecular formula is C15H22N2O2. The molecule has 0 saturated carbocycles. The van der Waals surface area contributed by atoms with Gasteiger partial charge in [-0.2, -0.15) is 0 Å². The minimum atomic E-state index is 0.222. The Kier molecular flexibility index (Phi) is 5.36. The average molecular weight is 262 g/mol. The predicted octanol–water partition coefficient (Wildman–Crippen LogP) is 1.33. The van der Waals surface area contributed by atoms with Crippen molar-refractivity contribution in [3.05, 3.63) is 35.4 Å². The number of rotatable bonds is 5. The average Bonchev–Trinajstić information content (AvgIpc) is 2.44. The second kappa shape index (κ2) is 7.26. The molecule has 1 N–H and O–H groups in total. The Morgan fingerprint density at radius 2 is 2.16 bits per heavy atom. The number of morpholine rings is 1. The predicted molar refractivity (Wildman–Crippen MR) is 74.9 cm³/mol. The SMILES string of the molecule is Cc1cccc(CNCCC(=O)N2CCOCC2)c1. The van der Waals surface area contributed by atoms with Gasteiger partial charge >= 0.3 is 0 Å². The molecule has 0 aromatic heterocycles. The minimum Gasteiger partial charge on any atom is -0.378 e. The number of benzene rings is 1. The molecule has 0 spiro atoms. The second-order valence-electron chi connectivity index (χ2n) is 4.91. The third-order valence-electron chi connectivity index (χ3n) is 3.29. The van der Waals surface area contributed by atoms with Crippen LogP contribution in [0.1, 0.15) is 17.5 Å². The number of carbonyl (C=O) groups excluding carboxylic acids is 1. The first-order chi connectivity index (χ1) is 9.25. The molecule has 2 rings (SSSR count). The Bertz CT molecular complexity index is 414. The van der Waals surface area contributed by atoms with Crippen LogP contribution in [0.15, 0.2) is 24.3 Å². The second-order valence-corrected chi connectivity index (χ2v) is 4.91. The quantitative estimate of drug-likeness (QED) is 0.814. The molecule has 4 nitrogen and oxygen atoms in total. The summed E-state index contributed by atoms with van der Waals surface area (Å²) in [7, 11) is 0. The van der Waals surface area contributed by atoms with Gasteiger partial charge in [-0.05, 0) is 12.5 Å². The summed E-state index contributed by atoms with van der Waals surface area (Å²) in [5.41, 5.74) is 2.53. The van der Waals surface area contributed by atoms with E-state index in [1.54, 1.807) is 0 Å². The maximum Gasteiger partial charge on any atom is 0.224 e. The van der Waals surface area contributed by atoms with Gasteiger partial charge in [0.1, 0.15) is 0 Å². The van der Waals surface area contributed by atoms with Crippen molar-refractivity contribution < 1.29 is 9.53 Å². The van der Waals surface area contributed by atoms with Crippen molar-refractivity contribution in [2.24, 2.45) is 0 Å². The zero-order valence-electron chi connectivity index (χ0n) is 11.5. The maximum atomic E-state index is 11.9. The summed E-state index contributed by atoms with van der Waals surface area (Å²) in [4.78, 5) is 13.8. The molecule has 1 aliphatic heterocycles. The highest BCUT2D eigenvalue weighted by molar-refractivity contribution is 5.76. The molecule has 0 atom stereocenters. The molecule has 1 aliphatic rings. The summed E-state index contributed by atoms with van der Waals surface area (Å²) in [6, 6.07) is 8.41. The van der Waals surface area contributed by atoms with Crippen LogP contribution >= 0.6 is 0 Å². The molecule has 1 saturated heterocycles. The van der Waals surface area contributed by atoms with Crippen molar-refractivity contribution in [1.82, 2.24) is 10.2 Å². The summed E-state index contributed by atoms with van der Waals surface area (Å²) in [6.45, 7) is 6.44. The standard InChI is InChI=1S/C15H22N2O2/c1-13-3-2-4-14(11-13)12-16-6-5-15(18)17-7-9-19-10-8-17/h2-4,11,16H,5-10,12H2,1H3. The number of nitrogens with zero attached hydrogens (tertiary/aromatic N) is 1. The van der Waals surface area contributed by atoms with Crippen molar-refractivity contribution in [1.29, 1.82) is 0 Å². The first-order valence-electron chi connectivity index (χ1n) is 6.87. The summed E-state index contributed by atoms with van der Waals surface area (Å²) >= 11 is 0. The van der Waals surface area contributed by atoms with E-state index in [4.69, 9.17) is 4.74 Å². The van der Waals surface area contributed by atoms with E-state index >= 15 is 0 Å². The van der Waals surface area contributed by atoms with Crippen LogP contribution in [0.25, 0.3) is 0 Å². The number of ether oxygens (including phenoxy) is 1. The van der Waals surface area contributed by atoms with Crippen molar-refractivity contribution >= 4 is 5.91 Å². The molecule has 1 amide bonds. The highest BCUT2D eigenvalue weighted by Gasteiger charge is 2.15. The molecule has 1 aromatic carbocycles. The Morgan fingerprint density at radius 3 is 2.89 bits per heavy atom. The van der Waals surface area contributed by atoms with Crippen molar-refractivity contribution in [2.75, 3.05) is 32.8 Å². The van der Waals surface area contributed by atoms with E-state index in [9.17, 15) is 4.79 Å². The summed E-state index contributed by atoms with van der Waals surface area (Å²) in [5.74, 6) is 0.222. The number of nitrogens with one attached hydrogen (secondary N) is 1. The topological polar surface area (TPSA) is 41.6 Å². The molecular weight excluding hydrogens is 240 g/mol. The lowest BCUT2D eigenvalue weighted by Gasteiger charge is -2.26. The number of hydrogen-bond acceptors (Lipinski definition) is 3. The normalized spacial score (nSPS) is 15.5. The van der Waals surface area contributed by atoms with E-state index in [2.05, 4.69) is 36.5 Å². The summed E-state index contributed by atoms with van der Waals surface area (Å²) in [6.07, 6.45) is 0.561. The fourth-order valence-corrected chi connectivity index (χ4v) is 2.22. The molecule has 4 heteroatoms. The molecule has 104 valence electrons. The highest BCUT2D eigenvalue weighted by atomic mass is 16.5. The van der Waals surface area contributed by atoms with Gasteiger partial charge in [0.15, 0.2) is 0 Å². The largest absolute Gasteiger partial charge is 0.378 e. The zero-order chi connectivity index (χ0) is 13.5. The lowest BCUT2D eigenvalue weighted by Crippen LogP contribution is -2.41. The van der Waals surface area contributed by atoms with E-state index in [1.807, 2.05) is 4.90 Å². The lowest BCUT2D eigenvalue weighted by molar-refractivity contribution is -0.135. The van der Waals surface area contributed by atoms with Gasteiger partial charge in [0.05, 0.1) is 13.2 Å². The first kappa shape index (κ1) is 14.0. The molecule has 0 aliphatic carbocycles.